The number of rotatable bonds is 3. The van der Waals surface area contributed by atoms with Gasteiger partial charge < -0.3 is 10.9 Å². The Balaban J connectivity index is 3.27. The van der Waals surface area contributed by atoms with Gasteiger partial charge in [0.1, 0.15) is 5.84 Å². The van der Waals surface area contributed by atoms with Crippen molar-refractivity contribution in [2.75, 3.05) is 0 Å². The van der Waals surface area contributed by atoms with Crippen LogP contribution in [-0.4, -0.2) is 11.0 Å². The molecule has 0 heterocycles. The summed E-state index contributed by atoms with van der Waals surface area (Å²) in [5.74, 6) is 0.481. The number of amidine groups is 1. The first-order chi connectivity index (χ1) is 7.42. The summed E-state index contributed by atoms with van der Waals surface area (Å²) in [6.45, 7) is 6.09. The lowest BCUT2D eigenvalue weighted by Gasteiger charge is -2.32. The van der Waals surface area contributed by atoms with E-state index in [1.165, 1.54) is 0 Å². The van der Waals surface area contributed by atoms with Crippen LogP contribution in [0.5, 0.6) is 0 Å². The molecular weight excluding hydrogens is 268 g/mol. The van der Waals surface area contributed by atoms with E-state index >= 15 is 0 Å². The number of nitrogens with zero attached hydrogens (tertiary/aromatic N) is 1. The van der Waals surface area contributed by atoms with Gasteiger partial charge in [0, 0.05) is 4.47 Å². The normalized spacial score (nSPS) is 16.2. The summed E-state index contributed by atoms with van der Waals surface area (Å²) in [5.41, 5.74) is 6.40. The maximum atomic E-state index is 8.89. The second-order valence-electron chi connectivity index (χ2n) is 4.35. The van der Waals surface area contributed by atoms with Crippen molar-refractivity contribution in [3.63, 3.8) is 0 Å². The second-order valence-corrected chi connectivity index (χ2v) is 5.26. The Morgan fingerprint density at radius 1 is 1.38 bits per heavy atom. The summed E-state index contributed by atoms with van der Waals surface area (Å²) in [5, 5.41) is 12.1. The number of hydrogen-bond donors (Lipinski definition) is 2. The molecule has 0 fully saturated rings. The summed E-state index contributed by atoms with van der Waals surface area (Å²) in [7, 11) is 0. The molecule has 0 saturated carbocycles. The fraction of sp³-hybridized carbons (Fsp3) is 0.417. The van der Waals surface area contributed by atoms with Crippen LogP contribution in [0.4, 0.5) is 0 Å². The van der Waals surface area contributed by atoms with Gasteiger partial charge in [-0.1, -0.05) is 47.1 Å². The lowest BCUT2D eigenvalue weighted by atomic mass is 9.72. The molecule has 1 rings (SSSR count). The number of oxime groups is 1. The number of halogens is 1. The van der Waals surface area contributed by atoms with Crippen LogP contribution in [0, 0.1) is 5.92 Å². The van der Waals surface area contributed by atoms with Gasteiger partial charge in [0.25, 0.3) is 0 Å². The summed E-state index contributed by atoms with van der Waals surface area (Å²) >= 11 is 3.39. The minimum atomic E-state index is -0.449. The standard InChI is InChI=1S/C12H17BrN2O/c1-8(2)12(3,11(14)15-16)9-4-6-10(13)7-5-9/h4-8,16H,1-3H3,(H2,14,15)/t12-/m1/s1. The van der Waals surface area contributed by atoms with Crippen LogP contribution in [0.1, 0.15) is 26.3 Å². The third-order valence-corrected chi connectivity index (χ3v) is 3.77. The molecule has 1 aromatic carbocycles. The Hall–Kier alpha value is -1.03. The molecule has 0 saturated heterocycles. The molecule has 0 spiro atoms. The van der Waals surface area contributed by atoms with E-state index in [0.29, 0.717) is 0 Å². The van der Waals surface area contributed by atoms with Crippen molar-refractivity contribution < 1.29 is 5.21 Å². The van der Waals surface area contributed by atoms with Gasteiger partial charge in [-0.2, -0.15) is 0 Å². The molecule has 0 aromatic heterocycles. The SMILES string of the molecule is CC(C)[C@@](C)(/C(N)=N\O)c1ccc(Br)cc1. The molecule has 1 atom stereocenters. The van der Waals surface area contributed by atoms with Crippen LogP contribution >= 0.6 is 15.9 Å². The van der Waals surface area contributed by atoms with Gasteiger partial charge in [-0.3, -0.25) is 0 Å². The molecule has 0 radical (unpaired) electrons. The smallest absolute Gasteiger partial charge is 0.149 e. The van der Waals surface area contributed by atoms with Gasteiger partial charge in [0.05, 0.1) is 5.41 Å². The van der Waals surface area contributed by atoms with Crippen LogP contribution < -0.4 is 5.73 Å². The monoisotopic (exact) mass is 284 g/mol. The van der Waals surface area contributed by atoms with Crippen molar-refractivity contribution >= 4 is 21.8 Å². The van der Waals surface area contributed by atoms with Gasteiger partial charge in [0.15, 0.2) is 0 Å². The highest BCUT2D eigenvalue weighted by molar-refractivity contribution is 9.10. The quantitative estimate of drug-likeness (QED) is 0.388. The molecule has 0 amide bonds. The van der Waals surface area contributed by atoms with E-state index < -0.39 is 5.41 Å². The molecule has 0 aliphatic rings. The first-order valence-electron chi connectivity index (χ1n) is 5.17. The lowest BCUT2D eigenvalue weighted by Crippen LogP contribution is -2.43. The van der Waals surface area contributed by atoms with Crippen LogP contribution in [0.2, 0.25) is 0 Å². The molecule has 4 heteroatoms. The highest BCUT2D eigenvalue weighted by Gasteiger charge is 2.35. The summed E-state index contributed by atoms with van der Waals surface area (Å²) in [6.07, 6.45) is 0. The van der Waals surface area contributed by atoms with E-state index in [-0.39, 0.29) is 11.8 Å². The highest BCUT2D eigenvalue weighted by Crippen LogP contribution is 2.32. The number of benzene rings is 1. The van der Waals surface area contributed by atoms with Crippen LogP contribution in [-0.2, 0) is 5.41 Å². The average molecular weight is 285 g/mol. The van der Waals surface area contributed by atoms with Gasteiger partial charge in [-0.25, -0.2) is 0 Å². The van der Waals surface area contributed by atoms with Gasteiger partial charge in [0.2, 0.25) is 0 Å². The maximum absolute atomic E-state index is 8.89. The van der Waals surface area contributed by atoms with E-state index in [9.17, 15) is 0 Å². The summed E-state index contributed by atoms with van der Waals surface area (Å²) < 4.78 is 1.02. The Labute approximate surface area is 104 Å². The third-order valence-electron chi connectivity index (χ3n) is 3.24. The average Bonchev–Trinajstić information content (AvgIpc) is 2.27. The van der Waals surface area contributed by atoms with Crippen LogP contribution in [0.15, 0.2) is 33.9 Å². The van der Waals surface area contributed by atoms with Crippen molar-refractivity contribution in [2.45, 2.75) is 26.2 Å². The van der Waals surface area contributed by atoms with E-state index in [2.05, 4.69) is 34.9 Å². The fourth-order valence-corrected chi connectivity index (χ4v) is 1.94. The largest absolute Gasteiger partial charge is 0.409 e. The molecular formula is C12H17BrN2O. The van der Waals surface area contributed by atoms with Crippen molar-refractivity contribution in [1.29, 1.82) is 0 Å². The molecule has 0 aliphatic carbocycles. The van der Waals surface area contributed by atoms with Crippen LogP contribution in [0.25, 0.3) is 0 Å². The predicted octanol–water partition coefficient (Wildman–Crippen LogP) is 3.11. The van der Waals surface area contributed by atoms with E-state index in [1.54, 1.807) is 0 Å². The molecule has 88 valence electrons. The first-order valence-corrected chi connectivity index (χ1v) is 5.96. The van der Waals surface area contributed by atoms with Gasteiger partial charge >= 0.3 is 0 Å². The molecule has 3 nitrogen and oxygen atoms in total. The lowest BCUT2D eigenvalue weighted by molar-refractivity contribution is 0.306. The van der Waals surface area contributed by atoms with Crippen molar-refractivity contribution in [2.24, 2.45) is 16.8 Å². The Bertz CT molecular complexity index is 387. The topological polar surface area (TPSA) is 58.6 Å². The van der Waals surface area contributed by atoms with Crippen molar-refractivity contribution in [3.8, 4) is 0 Å². The van der Waals surface area contributed by atoms with E-state index in [1.807, 2.05) is 31.2 Å². The predicted molar refractivity (Wildman–Crippen MR) is 69.7 cm³/mol. The number of hydrogen-bond acceptors (Lipinski definition) is 2. The van der Waals surface area contributed by atoms with Crippen molar-refractivity contribution in [1.82, 2.24) is 0 Å². The first kappa shape index (κ1) is 13.0. The number of nitrogens with two attached hydrogens (primary N) is 1. The second kappa shape index (κ2) is 4.87. The summed E-state index contributed by atoms with van der Waals surface area (Å²) in [4.78, 5) is 0. The zero-order valence-corrected chi connectivity index (χ0v) is 11.3. The van der Waals surface area contributed by atoms with Gasteiger partial charge in [-0.05, 0) is 30.5 Å². The highest BCUT2D eigenvalue weighted by atomic mass is 79.9. The molecule has 0 bridgehead atoms. The minimum absolute atomic E-state index is 0.240. The maximum Gasteiger partial charge on any atom is 0.149 e. The molecule has 1 aromatic rings. The van der Waals surface area contributed by atoms with E-state index in [4.69, 9.17) is 10.9 Å². The Kier molecular flexibility index (Phi) is 3.97. The van der Waals surface area contributed by atoms with E-state index in [0.717, 1.165) is 10.0 Å². The molecule has 3 N–H and O–H groups in total. The Morgan fingerprint density at radius 2 is 1.88 bits per heavy atom. The van der Waals surface area contributed by atoms with Gasteiger partial charge in [-0.15, -0.1) is 0 Å². The van der Waals surface area contributed by atoms with Crippen molar-refractivity contribution in [3.05, 3.63) is 34.3 Å². The molecule has 0 aliphatic heterocycles. The Morgan fingerprint density at radius 3 is 2.25 bits per heavy atom. The zero-order valence-electron chi connectivity index (χ0n) is 9.74. The summed E-state index contributed by atoms with van der Waals surface area (Å²) in [6, 6.07) is 7.89. The molecule has 16 heavy (non-hydrogen) atoms. The molecule has 0 unspecified atom stereocenters. The minimum Gasteiger partial charge on any atom is -0.409 e. The van der Waals surface area contributed by atoms with Crippen LogP contribution in [0.3, 0.4) is 0 Å². The fourth-order valence-electron chi connectivity index (χ4n) is 1.68. The third kappa shape index (κ3) is 2.21. The zero-order chi connectivity index (χ0) is 12.3.